The molecule has 0 atom stereocenters. The van der Waals surface area contributed by atoms with Crippen LogP contribution in [0, 0.1) is 0 Å². The number of nitrogens with zero attached hydrogens (tertiary/aromatic N) is 4. The molecule has 2 aromatic rings. The average molecular weight is 549 g/mol. The second kappa shape index (κ2) is 11.8. The van der Waals surface area contributed by atoms with Crippen LogP contribution in [0.15, 0.2) is 53.7 Å². The fraction of sp³-hybridized carbons (Fsp3) is 0.520. The molecule has 2 fully saturated rings. The van der Waals surface area contributed by atoms with Crippen LogP contribution in [-0.2, 0) is 12.0 Å². The molecule has 2 N–H and O–H groups in total. The molecule has 1 saturated carbocycles. The predicted molar refractivity (Wildman–Crippen MR) is 144 cm³/mol. The number of aromatic nitrogens is 1. The summed E-state index contributed by atoms with van der Waals surface area (Å²) in [5, 5.41) is 7.06. The van der Waals surface area contributed by atoms with Crippen molar-refractivity contribution in [3.8, 4) is 0 Å². The number of guanidine groups is 1. The van der Waals surface area contributed by atoms with E-state index < -0.39 is 0 Å². The number of nitrogens with one attached hydrogen (secondary N) is 2. The lowest BCUT2D eigenvalue weighted by molar-refractivity contribution is 0.312. The summed E-state index contributed by atoms with van der Waals surface area (Å²) in [6.07, 6.45) is 7.05. The van der Waals surface area contributed by atoms with Gasteiger partial charge in [0.25, 0.3) is 0 Å². The zero-order valence-corrected chi connectivity index (χ0v) is 21.7. The molecular weight excluding hydrogens is 511 g/mol. The Labute approximate surface area is 209 Å². The van der Waals surface area contributed by atoms with Crippen molar-refractivity contribution in [2.24, 2.45) is 4.99 Å². The van der Waals surface area contributed by atoms with Crippen LogP contribution in [0.2, 0.25) is 0 Å². The van der Waals surface area contributed by atoms with Gasteiger partial charge >= 0.3 is 0 Å². The molecule has 0 unspecified atom stereocenters. The fourth-order valence-corrected chi connectivity index (χ4v) is 4.81. The van der Waals surface area contributed by atoms with Gasteiger partial charge in [0.1, 0.15) is 5.82 Å². The summed E-state index contributed by atoms with van der Waals surface area (Å²) in [7, 11) is 4.02. The molecule has 2 aliphatic rings. The minimum Gasteiger partial charge on any atom is -0.356 e. The van der Waals surface area contributed by atoms with Crippen LogP contribution < -0.4 is 15.5 Å². The van der Waals surface area contributed by atoms with Gasteiger partial charge in [-0.15, -0.1) is 24.0 Å². The number of hydrogen-bond donors (Lipinski definition) is 2. The summed E-state index contributed by atoms with van der Waals surface area (Å²) in [5.41, 5.74) is 2.82. The molecule has 0 radical (unpaired) electrons. The molecule has 32 heavy (non-hydrogen) atoms. The maximum Gasteiger partial charge on any atom is 0.191 e. The van der Waals surface area contributed by atoms with E-state index in [1.165, 1.54) is 36.8 Å². The molecule has 1 aromatic heterocycles. The predicted octanol–water partition coefficient (Wildman–Crippen LogP) is 3.63. The standard InChI is InChI=1S/C25H36N6.HI/c1-26-24(29-20-25(12-6-7-13-25)22-8-4-3-5-9-22)28-19-21-10-11-23(27-18-21)31-16-14-30(2)15-17-31;/h3-5,8-11,18H,6-7,12-17,19-20H2,1-2H3,(H2,26,28,29);1H. The quantitative estimate of drug-likeness (QED) is 0.328. The molecule has 1 aliphatic heterocycles. The van der Waals surface area contributed by atoms with E-state index in [-0.39, 0.29) is 29.4 Å². The first kappa shape index (κ1) is 24.8. The van der Waals surface area contributed by atoms with Crippen LogP contribution in [0.5, 0.6) is 0 Å². The summed E-state index contributed by atoms with van der Waals surface area (Å²) in [6, 6.07) is 15.3. The highest BCUT2D eigenvalue weighted by Gasteiger charge is 2.35. The number of pyridine rings is 1. The van der Waals surface area contributed by atoms with Crippen molar-refractivity contribution < 1.29 is 0 Å². The van der Waals surface area contributed by atoms with E-state index in [0.29, 0.717) is 6.54 Å². The zero-order valence-electron chi connectivity index (χ0n) is 19.4. The number of benzene rings is 1. The Kier molecular flexibility index (Phi) is 9.16. The monoisotopic (exact) mass is 548 g/mol. The maximum atomic E-state index is 4.70. The normalized spacial score (nSPS) is 18.8. The van der Waals surface area contributed by atoms with E-state index >= 15 is 0 Å². The Morgan fingerprint density at radius 1 is 1.00 bits per heavy atom. The van der Waals surface area contributed by atoms with Gasteiger partial charge in [-0.25, -0.2) is 4.98 Å². The second-order valence-corrected chi connectivity index (χ2v) is 8.95. The number of anilines is 1. The molecule has 174 valence electrons. The first-order valence-corrected chi connectivity index (χ1v) is 11.6. The van der Waals surface area contributed by atoms with Crippen molar-refractivity contribution >= 4 is 35.8 Å². The van der Waals surface area contributed by atoms with Gasteiger partial charge in [-0.1, -0.05) is 49.2 Å². The number of halogens is 1. The molecule has 0 bridgehead atoms. The molecule has 1 saturated heterocycles. The van der Waals surface area contributed by atoms with E-state index in [2.05, 4.69) is 74.9 Å². The van der Waals surface area contributed by atoms with Crippen molar-refractivity contribution in [1.82, 2.24) is 20.5 Å². The highest BCUT2D eigenvalue weighted by Crippen LogP contribution is 2.40. The highest BCUT2D eigenvalue weighted by atomic mass is 127. The SMILES string of the molecule is CN=C(NCc1ccc(N2CCN(C)CC2)nc1)NCC1(c2ccccc2)CCCC1.I. The van der Waals surface area contributed by atoms with Crippen LogP contribution in [0.4, 0.5) is 5.82 Å². The van der Waals surface area contributed by atoms with Gasteiger partial charge in [-0.05, 0) is 37.1 Å². The fourth-order valence-electron chi connectivity index (χ4n) is 4.81. The van der Waals surface area contributed by atoms with E-state index in [0.717, 1.165) is 44.5 Å². The smallest absolute Gasteiger partial charge is 0.191 e. The van der Waals surface area contributed by atoms with Gasteiger partial charge in [0.15, 0.2) is 5.96 Å². The topological polar surface area (TPSA) is 55.8 Å². The summed E-state index contributed by atoms with van der Waals surface area (Å²) < 4.78 is 0. The Balaban J connectivity index is 0.00000289. The van der Waals surface area contributed by atoms with Crippen molar-refractivity contribution in [3.05, 3.63) is 59.8 Å². The van der Waals surface area contributed by atoms with Crippen LogP contribution in [0.1, 0.15) is 36.8 Å². The molecule has 2 heterocycles. The molecule has 7 heteroatoms. The lowest BCUT2D eigenvalue weighted by atomic mass is 9.79. The number of aliphatic imine (C=N–C) groups is 1. The van der Waals surface area contributed by atoms with E-state index in [1.54, 1.807) is 0 Å². The third kappa shape index (κ3) is 6.13. The lowest BCUT2D eigenvalue weighted by Crippen LogP contribution is -2.45. The second-order valence-electron chi connectivity index (χ2n) is 8.95. The molecular formula is C25H37IN6. The van der Waals surface area contributed by atoms with Crippen LogP contribution in [0.25, 0.3) is 0 Å². The molecule has 4 rings (SSSR count). The van der Waals surface area contributed by atoms with Gasteiger partial charge in [0.05, 0.1) is 0 Å². The van der Waals surface area contributed by atoms with E-state index in [1.807, 2.05) is 13.2 Å². The highest BCUT2D eigenvalue weighted by molar-refractivity contribution is 14.0. The summed E-state index contributed by atoms with van der Waals surface area (Å²) in [4.78, 5) is 13.9. The van der Waals surface area contributed by atoms with Crippen molar-refractivity contribution in [3.63, 3.8) is 0 Å². The largest absolute Gasteiger partial charge is 0.356 e. The number of piperazine rings is 1. The molecule has 0 spiro atoms. The average Bonchev–Trinajstić information content (AvgIpc) is 3.31. The summed E-state index contributed by atoms with van der Waals surface area (Å²) >= 11 is 0. The van der Waals surface area contributed by atoms with Crippen LogP contribution in [0.3, 0.4) is 0 Å². The van der Waals surface area contributed by atoms with E-state index in [9.17, 15) is 0 Å². The number of hydrogen-bond acceptors (Lipinski definition) is 4. The zero-order chi connectivity index (χ0) is 21.5. The van der Waals surface area contributed by atoms with Crippen molar-refractivity contribution in [2.45, 2.75) is 37.6 Å². The first-order valence-electron chi connectivity index (χ1n) is 11.6. The summed E-state index contributed by atoms with van der Waals surface area (Å²) in [6.45, 7) is 5.90. The minimum absolute atomic E-state index is 0. The van der Waals surface area contributed by atoms with Gasteiger partial charge in [0.2, 0.25) is 0 Å². The third-order valence-electron chi connectivity index (χ3n) is 6.86. The molecule has 6 nitrogen and oxygen atoms in total. The van der Waals surface area contributed by atoms with Gasteiger partial charge in [0, 0.05) is 57.9 Å². The van der Waals surface area contributed by atoms with Gasteiger partial charge < -0.3 is 20.4 Å². The number of rotatable bonds is 6. The Morgan fingerprint density at radius 2 is 1.72 bits per heavy atom. The Hall–Kier alpha value is -1.87. The Bertz CT molecular complexity index is 840. The third-order valence-corrected chi connectivity index (χ3v) is 6.86. The first-order chi connectivity index (χ1) is 15.2. The van der Waals surface area contributed by atoms with Gasteiger partial charge in [-0.2, -0.15) is 0 Å². The molecule has 0 amide bonds. The Morgan fingerprint density at radius 3 is 2.34 bits per heavy atom. The summed E-state index contributed by atoms with van der Waals surface area (Å²) in [5.74, 6) is 1.93. The maximum absolute atomic E-state index is 4.70. The molecule has 1 aliphatic carbocycles. The number of likely N-dealkylation sites (N-methyl/N-ethyl adjacent to an activating group) is 1. The van der Waals surface area contributed by atoms with Crippen molar-refractivity contribution in [2.75, 3.05) is 51.7 Å². The van der Waals surface area contributed by atoms with Crippen molar-refractivity contribution in [1.29, 1.82) is 0 Å². The minimum atomic E-state index is 0. The van der Waals surface area contributed by atoms with Crippen LogP contribution in [-0.4, -0.2) is 62.7 Å². The lowest BCUT2D eigenvalue weighted by Gasteiger charge is -2.33. The molecule has 1 aromatic carbocycles. The van der Waals surface area contributed by atoms with Gasteiger partial charge in [-0.3, -0.25) is 4.99 Å². The van der Waals surface area contributed by atoms with E-state index in [4.69, 9.17) is 4.98 Å². The van der Waals surface area contributed by atoms with Crippen LogP contribution >= 0.6 is 24.0 Å².